The SMILES string of the molecule is COc1cccc(O)c1CC#Cc1ccc(Cl)cc1. The maximum absolute atomic E-state index is 9.79. The van der Waals surface area contributed by atoms with Gasteiger partial charge >= 0.3 is 0 Å². The molecule has 96 valence electrons. The molecule has 0 aliphatic rings. The zero-order valence-electron chi connectivity index (χ0n) is 10.5. The predicted octanol–water partition coefficient (Wildman–Crippen LogP) is 3.65. The van der Waals surface area contributed by atoms with Crippen LogP contribution in [0.1, 0.15) is 11.1 Å². The Morgan fingerprint density at radius 3 is 2.58 bits per heavy atom. The summed E-state index contributed by atoms with van der Waals surface area (Å²) in [6.45, 7) is 0. The van der Waals surface area contributed by atoms with Crippen LogP contribution in [-0.4, -0.2) is 12.2 Å². The van der Waals surface area contributed by atoms with E-state index in [0.717, 1.165) is 5.56 Å². The molecule has 0 heterocycles. The Hall–Kier alpha value is -2.11. The Bertz CT molecular complexity index is 621. The second-order valence-electron chi connectivity index (χ2n) is 3.94. The summed E-state index contributed by atoms with van der Waals surface area (Å²) < 4.78 is 5.20. The lowest BCUT2D eigenvalue weighted by Crippen LogP contribution is -1.91. The Balaban J connectivity index is 2.17. The van der Waals surface area contributed by atoms with Crippen LogP contribution in [0.15, 0.2) is 42.5 Å². The van der Waals surface area contributed by atoms with Gasteiger partial charge in [0.05, 0.1) is 7.11 Å². The molecule has 0 unspecified atom stereocenters. The minimum atomic E-state index is 0.199. The summed E-state index contributed by atoms with van der Waals surface area (Å²) >= 11 is 5.80. The Morgan fingerprint density at radius 2 is 1.89 bits per heavy atom. The first-order valence-electron chi connectivity index (χ1n) is 5.80. The van der Waals surface area contributed by atoms with Crippen LogP contribution in [0.2, 0.25) is 5.02 Å². The zero-order valence-corrected chi connectivity index (χ0v) is 11.2. The van der Waals surface area contributed by atoms with Gasteiger partial charge in [-0.15, -0.1) is 0 Å². The third kappa shape index (κ3) is 3.43. The van der Waals surface area contributed by atoms with Gasteiger partial charge in [-0.05, 0) is 36.4 Å². The smallest absolute Gasteiger partial charge is 0.126 e. The summed E-state index contributed by atoms with van der Waals surface area (Å²) in [5.41, 5.74) is 1.59. The van der Waals surface area contributed by atoms with Crippen LogP contribution < -0.4 is 4.74 Å². The van der Waals surface area contributed by atoms with E-state index in [0.29, 0.717) is 22.8 Å². The lowest BCUT2D eigenvalue weighted by atomic mass is 10.1. The standard InChI is InChI=1S/C16H13ClO2/c1-19-16-7-3-6-15(18)14(16)5-2-4-12-8-10-13(17)11-9-12/h3,6-11,18H,5H2,1H3. The fourth-order valence-corrected chi connectivity index (χ4v) is 1.82. The first-order chi connectivity index (χ1) is 9.20. The Labute approximate surface area is 117 Å². The maximum atomic E-state index is 9.79. The largest absolute Gasteiger partial charge is 0.507 e. The second-order valence-corrected chi connectivity index (χ2v) is 4.38. The molecule has 3 heteroatoms. The van der Waals surface area contributed by atoms with Crippen molar-refractivity contribution in [3.8, 4) is 23.3 Å². The van der Waals surface area contributed by atoms with Crippen molar-refractivity contribution in [3.05, 3.63) is 58.6 Å². The molecule has 0 aromatic heterocycles. The number of benzene rings is 2. The van der Waals surface area contributed by atoms with Gasteiger partial charge in [0.25, 0.3) is 0 Å². The summed E-state index contributed by atoms with van der Waals surface area (Å²) in [6, 6.07) is 12.5. The summed E-state index contributed by atoms with van der Waals surface area (Å²) in [5.74, 6) is 6.89. The maximum Gasteiger partial charge on any atom is 0.126 e. The van der Waals surface area contributed by atoms with Gasteiger partial charge < -0.3 is 9.84 Å². The monoisotopic (exact) mass is 272 g/mol. The average Bonchev–Trinajstić information content (AvgIpc) is 2.42. The zero-order chi connectivity index (χ0) is 13.7. The van der Waals surface area contributed by atoms with E-state index < -0.39 is 0 Å². The van der Waals surface area contributed by atoms with Crippen LogP contribution in [0.5, 0.6) is 11.5 Å². The van der Waals surface area contributed by atoms with Gasteiger partial charge in [0, 0.05) is 22.6 Å². The molecule has 2 aromatic rings. The molecule has 0 aliphatic heterocycles. The summed E-state index contributed by atoms with van der Waals surface area (Å²) in [7, 11) is 1.57. The van der Waals surface area contributed by atoms with E-state index in [-0.39, 0.29) is 5.75 Å². The number of hydrogen-bond donors (Lipinski definition) is 1. The van der Waals surface area contributed by atoms with Crippen LogP contribution in [0.25, 0.3) is 0 Å². The third-order valence-electron chi connectivity index (χ3n) is 2.67. The van der Waals surface area contributed by atoms with Crippen LogP contribution in [0, 0.1) is 11.8 Å². The number of ether oxygens (including phenoxy) is 1. The van der Waals surface area contributed by atoms with Crippen LogP contribution in [-0.2, 0) is 6.42 Å². The van der Waals surface area contributed by atoms with Crippen molar-refractivity contribution in [1.82, 2.24) is 0 Å². The van der Waals surface area contributed by atoms with Gasteiger partial charge in [-0.25, -0.2) is 0 Å². The minimum absolute atomic E-state index is 0.199. The van der Waals surface area contributed by atoms with E-state index >= 15 is 0 Å². The third-order valence-corrected chi connectivity index (χ3v) is 2.92. The van der Waals surface area contributed by atoms with E-state index in [9.17, 15) is 5.11 Å². The second kappa shape index (κ2) is 6.17. The molecule has 0 saturated carbocycles. The van der Waals surface area contributed by atoms with Gasteiger partial charge in [-0.3, -0.25) is 0 Å². The van der Waals surface area contributed by atoms with E-state index in [1.807, 2.05) is 12.1 Å². The highest BCUT2D eigenvalue weighted by Crippen LogP contribution is 2.27. The van der Waals surface area contributed by atoms with Crippen molar-refractivity contribution < 1.29 is 9.84 Å². The quantitative estimate of drug-likeness (QED) is 0.846. The number of phenols is 1. The van der Waals surface area contributed by atoms with Crippen molar-refractivity contribution in [3.63, 3.8) is 0 Å². The summed E-state index contributed by atoms with van der Waals surface area (Å²) in [4.78, 5) is 0. The predicted molar refractivity (Wildman–Crippen MR) is 76.7 cm³/mol. The van der Waals surface area contributed by atoms with E-state index in [4.69, 9.17) is 16.3 Å². The fourth-order valence-electron chi connectivity index (χ4n) is 1.69. The molecule has 2 aromatic carbocycles. The summed E-state index contributed by atoms with van der Waals surface area (Å²) in [6.07, 6.45) is 0.429. The van der Waals surface area contributed by atoms with Gasteiger partial charge in [0.1, 0.15) is 11.5 Å². The van der Waals surface area contributed by atoms with Crippen molar-refractivity contribution >= 4 is 11.6 Å². The lowest BCUT2D eigenvalue weighted by molar-refractivity contribution is 0.401. The van der Waals surface area contributed by atoms with E-state index in [1.165, 1.54) is 0 Å². The number of aromatic hydroxyl groups is 1. The highest BCUT2D eigenvalue weighted by Gasteiger charge is 2.05. The van der Waals surface area contributed by atoms with Crippen molar-refractivity contribution in [2.45, 2.75) is 6.42 Å². The number of halogens is 1. The van der Waals surface area contributed by atoms with Crippen molar-refractivity contribution in [1.29, 1.82) is 0 Å². The fraction of sp³-hybridized carbons (Fsp3) is 0.125. The molecule has 19 heavy (non-hydrogen) atoms. The van der Waals surface area contributed by atoms with Crippen LogP contribution in [0.3, 0.4) is 0 Å². The van der Waals surface area contributed by atoms with Crippen LogP contribution in [0.4, 0.5) is 0 Å². The van der Waals surface area contributed by atoms with Crippen molar-refractivity contribution in [2.24, 2.45) is 0 Å². The Kier molecular flexibility index (Phi) is 4.33. The molecule has 0 fully saturated rings. The number of rotatable bonds is 2. The molecule has 0 bridgehead atoms. The topological polar surface area (TPSA) is 29.5 Å². The molecule has 1 N–H and O–H groups in total. The number of hydrogen-bond acceptors (Lipinski definition) is 2. The molecule has 0 atom stereocenters. The molecular weight excluding hydrogens is 260 g/mol. The number of methoxy groups -OCH3 is 1. The first kappa shape index (κ1) is 13.3. The van der Waals surface area contributed by atoms with Gasteiger partial charge in [-0.2, -0.15) is 0 Å². The summed E-state index contributed by atoms with van der Waals surface area (Å²) in [5, 5.41) is 10.5. The Morgan fingerprint density at radius 1 is 1.16 bits per heavy atom. The molecule has 0 aliphatic carbocycles. The highest BCUT2D eigenvalue weighted by atomic mass is 35.5. The van der Waals surface area contributed by atoms with Gasteiger partial charge in [0.15, 0.2) is 0 Å². The lowest BCUT2D eigenvalue weighted by Gasteiger charge is -2.06. The molecule has 2 nitrogen and oxygen atoms in total. The minimum Gasteiger partial charge on any atom is -0.507 e. The van der Waals surface area contributed by atoms with E-state index in [2.05, 4.69) is 11.8 Å². The van der Waals surface area contributed by atoms with Gasteiger partial charge in [-0.1, -0.05) is 29.5 Å². The first-order valence-corrected chi connectivity index (χ1v) is 6.18. The molecule has 0 spiro atoms. The average molecular weight is 273 g/mol. The molecule has 2 rings (SSSR count). The van der Waals surface area contributed by atoms with Gasteiger partial charge in [0.2, 0.25) is 0 Å². The van der Waals surface area contributed by atoms with Crippen LogP contribution >= 0.6 is 11.6 Å². The molecule has 0 amide bonds. The van der Waals surface area contributed by atoms with Crippen molar-refractivity contribution in [2.75, 3.05) is 7.11 Å². The number of phenolic OH excluding ortho intramolecular Hbond substituents is 1. The normalized spacial score (nSPS) is 9.58. The van der Waals surface area contributed by atoms with E-state index in [1.54, 1.807) is 37.4 Å². The molecule has 0 saturated heterocycles. The highest BCUT2D eigenvalue weighted by molar-refractivity contribution is 6.30. The molecular formula is C16H13ClO2. The molecule has 0 radical (unpaired) electrons.